The summed E-state index contributed by atoms with van der Waals surface area (Å²) in [6, 6.07) is 4.92. The van der Waals surface area contributed by atoms with E-state index >= 15 is 0 Å². The van der Waals surface area contributed by atoms with Crippen LogP contribution in [0.15, 0.2) is 36.9 Å². The zero-order valence-electron chi connectivity index (χ0n) is 9.75. The topological polar surface area (TPSA) is 29.1 Å². The molecule has 2 nitrogen and oxygen atoms in total. The molecule has 100 valence electrons. The lowest BCUT2D eigenvalue weighted by atomic mass is 10.1. The van der Waals surface area contributed by atoms with Crippen LogP contribution in [-0.4, -0.2) is 12.5 Å². The van der Waals surface area contributed by atoms with Crippen molar-refractivity contribution in [3.8, 4) is 0 Å². The normalized spacial score (nSPS) is 11.5. The molecule has 1 heterocycles. The summed E-state index contributed by atoms with van der Waals surface area (Å²) in [7, 11) is 0. The number of carbonyl (C=O) groups excluding carboxylic acids is 1. The van der Waals surface area contributed by atoms with Gasteiger partial charge < -0.3 is 5.32 Å². The maximum atomic E-state index is 12.6. The molecule has 0 unspecified atom stereocenters. The predicted molar refractivity (Wildman–Crippen MR) is 69.4 cm³/mol. The van der Waals surface area contributed by atoms with Crippen LogP contribution in [0.3, 0.4) is 0 Å². The van der Waals surface area contributed by atoms with Gasteiger partial charge in [0.2, 0.25) is 0 Å². The molecule has 0 saturated heterocycles. The Hall–Kier alpha value is -1.82. The zero-order valence-corrected chi connectivity index (χ0v) is 10.6. The highest BCUT2D eigenvalue weighted by Gasteiger charge is 2.30. The van der Waals surface area contributed by atoms with Crippen LogP contribution in [0.5, 0.6) is 0 Å². The van der Waals surface area contributed by atoms with Gasteiger partial charge in [0.1, 0.15) is 0 Å². The van der Waals surface area contributed by atoms with Crippen LogP contribution in [0, 0.1) is 0 Å². The van der Waals surface area contributed by atoms with Crippen LogP contribution >= 0.6 is 11.3 Å². The Morgan fingerprint density at radius 2 is 2.11 bits per heavy atom. The van der Waals surface area contributed by atoms with Gasteiger partial charge in [-0.15, -0.1) is 17.9 Å². The van der Waals surface area contributed by atoms with Crippen LogP contribution in [0.25, 0.3) is 10.1 Å². The first-order chi connectivity index (χ1) is 8.91. The van der Waals surface area contributed by atoms with E-state index in [4.69, 9.17) is 0 Å². The fourth-order valence-electron chi connectivity index (χ4n) is 1.58. The number of thiophene rings is 1. The van der Waals surface area contributed by atoms with E-state index in [2.05, 4.69) is 11.9 Å². The summed E-state index contributed by atoms with van der Waals surface area (Å²) in [5.41, 5.74) is -0.712. The number of amides is 1. The molecule has 0 aliphatic rings. The second-order valence-electron chi connectivity index (χ2n) is 3.86. The largest absolute Gasteiger partial charge is 0.416 e. The van der Waals surface area contributed by atoms with Crippen molar-refractivity contribution in [1.82, 2.24) is 5.32 Å². The average Bonchev–Trinajstić information content (AvgIpc) is 2.77. The molecule has 1 aromatic carbocycles. The number of hydrogen-bond acceptors (Lipinski definition) is 2. The zero-order chi connectivity index (χ0) is 14.0. The molecule has 1 N–H and O–H groups in total. The Morgan fingerprint density at radius 3 is 2.74 bits per heavy atom. The van der Waals surface area contributed by atoms with Gasteiger partial charge in [-0.25, -0.2) is 0 Å². The van der Waals surface area contributed by atoms with Gasteiger partial charge in [-0.05, 0) is 29.7 Å². The average molecular weight is 285 g/mol. The summed E-state index contributed by atoms with van der Waals surface area (Å²) in [6.45, 7) is 3.79. The molecule has 19 heavy (non-hydrogen) atoms. The van der Waals surface area contributed by atoms with E-state index in [1.54, 1.807) is 0 Å². The highest BCUT2D eigenvalue weighted by Crippen LogP contribution is 2.34. The number of alkyl halides is 3. The van der Waals surface area contributed by atoms with Crippen LogP contribution in [0.4, 0.5) is 13.2 Å². The quantitative estimate of drug-likeness (QED) is 0.853. The number of fused-ring (bicyclic) bond motifs is 1. The Kier molecular flexibility index (Phi) is 3.61. The highest BCUT2D eigenvalue weighted by molar-refractivity contribution is 7.20. The molecule has 0 fully saturated rings. The Bertz CT molecular complexity index is 630. The standard InChI is InChI=1S/C13H10F3NOS/c1-2-5-17-12(18)11-7-8-6-9(13(14,15)16)3-4-10(8)19-11/h2-4,6-7H,1,5H2,(H,17,18). The fourth-order valence-corrected chi connectivity index (χ4v) is 2.54. The van der Waals surface area contributed by atoms with Crippen molar-refractivity contribution in [2.45, 2.75) is 6.18 Å². The van der Waals surface area contributed by atoms with E-state index in [1.165, 1.54) is 18.2 Å². The van der Waals surface area contributed by atoms with E-state index < -0.39 is 11.7 Å². The van der Waals surface area contributed by atoms with Gasteiger partial charge in [-0.2, -0.15) is 13.2 Å². The van der Waals surface area contributed by atoms with Crippen molar-refractivity contribution in [2.75, 3.05) is 6.54 Å². The van der Waals surface area contributed by atoms with Gasteiger partial charge in [-0.1, -0.05) is 6.08 Å². The molecular weight excluding hydrogens is 275 g/mol. The van der Waals surface area contributed by atoms with Crippen LogP contribution in [0.2, 0.25) is 0 Å². The van der Waals surface area contributed by atoms with Gasteiger partial charge in [0.05, 0.1) is 10.4 Å². The van der Waals surface area contributed by atoms with E-state index in [1.807, 2.05) is 0 Å². The number of benzene rings is 1. The van der Waals surface area contributed by atoms with E-state index in [0.29, 0.717) is 21.5 Å². The summed E-state index contributed by atoms with van der Waals surface area (Å²) < 4.78 is 38.3. The summed E-state index contributed by atoms with van der Waals surface area (Å²) in [5, 5.41) is 3.01. The lowest BCUT2D eigenvalue weighted by Gasteiger charge is -2.05. The molecule has 1 aromatic heterocycles. The lowest BCUT2D eigenvalue weighted by molar-refractivity contribution is -0.137. The third-order valence-electron chi connectivity index (χ3n) is 2.47. The summed E-state index contributed by atoms with van der Waals surface area (Å²) in [4.78, 5) is 12.1. The number of carbonyl (C=O) groups is 1. The maximum absolute atomic E-state index is 12.6. The SMILES string of the molecule is C=CCNC(=O)c1cc2cc(C(F)(F)F)ccc2s1. The maximum Gasteiger partial charge on any atom is 0.416 e. The summed E-state index contributed by atoms with van der Waals surface area (Å²) >= 11 is 1.16. The van der Waals surface area contributed by atoms with Gasteiger partial charge in [-0.3, -0.25) is 4.79 Å². The molecule has 0 spiro atoms. The first-order valence-corrected chi connectivity index (χ1v) is 6.23. The van der Waals surface area contributed by atoms with Crippen molar-refractivity contribution >= 4 is 27.3 Å². The smallest absolute Gasteiger partial charge is 0.348 e. The molecule has 6 heteroatoms. The summed E-state index contributed by atoms with van der Waals surface area (Å²) in [6.07, 6.45) is -2.84. The third kappa shape index (κ3) is 2.96. The minimum absolute atomic E-state index is 0.311. The first-order valence-electron chi connectivity index (χ1n) is 5.41. The first kappa shape index (κ1) is 13.6. The van der Waals surface area contributed by atoms with Gasteiger partial charge in [0, 0.05) is 11.2 Å². The molecule has 0 saturated carbocycles. The van der Waals surface area contributed by atoms with Crippen molar-refractivity contribution in [3.63, 3.8) is 0 Å². The third-order valence-corrected chi connectivity index (χ3v) is 3.59. The molecule has 0 aliphatic carbocycles. The van der Waals surface area contributed by atoms with Crippen LogP contribution < -0.4 is 5.32 Å². The minimum Gasteiger partial charge on any atom is -0.348 e. The Labute approximate surface area is 111 Å². The monoisotopic (exact) mass is 285 g/mol. The number of halogens is 3. The Morgan fingerprint density at radius 1 is 1.37 bits per heavy atom. The van der Waals surface area contributed by atoms with Crippen molar-refractivity contribution < 1.29 is 18.0 Å². The second-order valence-corrected chi connectivity index (χ2v) is 4.94. The van der Waals surface area contributed by atoms with Crippen molar-refractivity contribution in [1.29, 1.82) is 0 Å². The fraction of sp³-hybridized carbons (Fsp3) is 0.154. The minimum atomic E-state index is -4.37. The molecule has 2 rings (SSSR count). The number of nitrogens with one attached hydrogen (secondary N) is 1. The summed E-state index contributed by atoms with van der Waals surface area (Å²) in [5.74, 6) is -0.311. The van der Waals surface area contributed by atoms with E-state index in [9.17, 15) is 18.0 Å². The molecule has 0 bridgehead atoms. The van der Waals surface area contributed by atoms with E-state index in [-0.39, 0.29) is 5.91 Å². The second kappa shape index (κ2) is 5.05. The lowest BCUT2D eigenvalue weighted by Crippen LogP contribution is -2.21. The molecule has 1 amide bonds. The van der Waals surface area contributed by atoms with Crippen LogP contribution in [-0.2, 0) is 6.18 Å². The van der Waals surface area contributed by atoms with Crippen molar-refractivity contribution in [3.05, 3.63) is 47.4 Å². The van der Waals surface area contributed by atoms with Gasteiger partial charge >= 0.3 is 6.18 Å². The van der Waals surface area contributed by atoms with Crippen molar-refractivity contribution in [2.24, 2.45) is 0 Å². The van der Waals surface area contributed by atoms with Crippen LogP contribution in [0.1, 0.15) is 15.2 Å². The molecule has 0 radical (unpaired) electrons. The van der Waals surface area contributed by atoms with Gasteiger partial charge in [0.15, 0.2) is 0 Å². The Balaban J connectivity index is 2.35. The van der Waals surface area contributed by atoms with Gasteiger partial charge in [0.25, 0.3) is 5.91 Å². The number of rotatable bonds is 3. The molecule has 0 atom stereocenters. The molecule has 2 aromatic rings. The highest BCUT2D eigenvalue weighted by atomic mass is 32.1. The molecule has 0 aliphatic heterocycles. The van der Waals surface area contributed by atoms with E-state index in [0.717, 1.165) is 23.5 Å². The molecular formula is C13H10F3NOS. The number of hydrogen-bond donors (Lipinski definition) is 1. The predicted octanol–water partition coefficient (Wildman–Crippen LogP) is 3.84.